The van der Waals surface area contributed by atoms with E-state index in [1.807, 2.05) is 0 Å². The second kappa shape index (κ2) is 40.8. The topological polar surface area (TPSA) is 213 Å². The van der Waals surface area contributed by atoms with Crippen molar-refractivity contribution < 1.29 is 43.6 Å². The molecule has 0 saturated carbocycles. The van der Waals surface area contributed by atoms with Crippen LogP contribution in [0.5, 0.6) is 0 Å². The predicted octanol–water partition coefficient (Wildman–Crippen LogP) is 6.84. The molecule has 8 N–H and O–H groups in total. The van der Waals surface area contributed by atoms with Gasteiger partial charge in [0.25, 0.3) is 0 Å². The first-order chi connectivity index (χ1) is 28.1. The molecule has 0 aromatic carbocycles. The van der Waals surface area contributed by atoms with E-state index < -0.39 is 35.9 Å². The maximum Gasteiger partial charge on any atom is 0.306 e. The highest BCUT2D eigenvalue weighted by Crippen LogP contribution is 2.32. The molecule has 0 heterocycles. The van der Waals surface area contributed by atoms with E-state index in [1.165, 1.54) is 69.5 Å². The van der Waals surface area contributed by atoms with Gasteiger partial charge in [0, 0.05) is 37.8 Å². The van der Waals surface area contributed by atoms with Gasteiger partial charge in [0.15, 0.2) is 0 Å². The van der Waals surface area contributed by atoms with Gasteiger partial charge in [-0.1, -0.05) is 117 Å². The predicted molar refractivity (Wildman–Crippen MR) is 240 cm³/mol. The molecule has 58 heavy (non-hydrogen) atoms. The van der Waals surface area contributed by atoms with Crippen LogP contribution in [0.15, 0.2) is 0 Å². The number of hydrogen-bond donors (Lipinski definition) is 7. The third kappa shape index (κ3) is 33.1. The van der Waals surface area contributed by atoms with E-state index in [0.717, 1.165) is 44.9 Å². The Balaban J connectivity index is 4.63. The summed E-state index contributed by atoms with van der Waals surface area (Å²) in [5, 5.41) is 26.1. The second-order valence-electron chi connectivity index (χ2n) is 15.6. The molecule has 13 nitrogen and oxygen atoms in total. The van der Waals surface area contributed by atoms with Crippen molar-refractivity contribution in [1.82, 2.24) is 10.6 Å². The van der Waals surface area contributed by atoms with E-state index in [1.54, 1.807) is 0 Å². The summed E-state index contributed by atoms with van der Waals surface area (Å²) in [4.78, 5) is 49.3. The number of ether oxygens (including phenoxy) is 3. The number of amides is 2. The molecular formula is C43H84N4O9S2. The highest BCUT2D eigenvalue weighted by Gasteiger charge is 2.32. The summed E-state index contributed by atoms with van der Waals surface area (Å²) >= 11 is 5.45. The fourth-order valence-corrected chi connectivity index (χ4v) is 8.10. The molecule has 0 bridgehead atoms. The van der Waals surface area contributed by atoms with Crippen molar-refractivity contribution in [3.05, 3.63) is 0 Å². The van der Waals surface area contributed by atoms with E-state index in [9.17, 15) is 29.4 Å². The molecule has 5 atom stereocenters. The summed E-state index contributed by atoms with van der Waals surface area (Å²) in [6.07, 6.45) is 20.7. The molecule has 0 rings (SSSR count). The molecule has 0 aliphatic carbocycles. The number of hydrogen-bond acceptors (Lipinski definition) is 11. The summed E-state index contributed by atoms with van der Waals surface area (Å²) in [5.41, 5.74) is 11.8. The lowest BCUT2D eigenvalue weighted by Gasteiger charge is -2.27. The maximum absolute atomic E-state index is 12.7. The number of nitrogens with one attached hydrogen (secondary N) is 2. The van der Waals surface area contributed by atoms with Gasteiger partial charge >= 0.3 is 11.9 Å². The SMILES string of the molecule is CCCCCCCCCCC(C[C@@H](CSC[C@H](N)C(=O)NCCCOCCOCCOCCCNC(=O)C(N)CS)C(CCCCCCCCCC)C(=O)O)C(=O)O. The van der Waals surface area contributed by atoms with E-state index in [0.29, 0.717) is 102 Å². The third-order valence-corrected chi connectivity index (χ3v) is 12.0. The zero-order valence-corrected chi connectivity index (χ0v) is 38.0. The maximum atomic E-state index is 12.7. The first-order valence-corrected chi connectivity index (χ1v) is 24.3. The van der Waals surface area contributed by atoms with Crippen LogP contribution < -0.4 is 22.1 Å². The molecule has 0 aliphatic rings. The summed E-state index contributed by atoms with van der Waals surface area (Å²) in [6.45, 7) is 7.97. The number of thioether (sulfide) groups is 1. The van der Waals surface area contributed by atoms with Gasteiger partial charge in [-0.15, -0.1) is 0 Å². The van der Waals surface area contributed by atoms with Gasteiger partial charge < -0.3 is 46.5 Å². The first kappa shape index (κ1) is 56.4. The van der Waals surface area contributed by atoms with Crippen molar-refractivity contribution in [1.29, 1.82) is 0 Å². The molecule has 2 amide bonds. The molecule has 15 heteroatoms. The minimum atomic E-state index is -0.864. The Hall–Kier alpha value is -1.62. The Morgan fingerprint density at radius 1 is 0.569 bits per heavy atom. The second-order valence-corrected chi connectivity index (χ2v) is 17.0. The van der Waals surface area contributed by atoms with E-state index in [4.69, 9.17) is 25.7 Å². The molecule has 0 aromatic heterocycles. The van der Waals surface area contributed by atoms with Gasteiger partial charge in [0.1, 0.15) is 0 Å². The van der Waals surface area contributed by atoms with Crippen LogP contribution in [0.25, 0.3) is 0 Å². The minimum Gasteiger partial charge on any atom is -0.481 e. The van der Waals surface area contributed by atoms with Crippen molar-refractivity contribution in [2.75, 3.05) is 70.0 Å². The number of carbonyl (C=O) groups excluding carboxylic acids is 2. The van der Waals surface area contributed by atoms with Crippen molar-refractivity contribution in [3.63, 3.8) is 0 Å². The lowest BCUT2D eigenvalue weighted by Crippen LogP contribution is -2.43. The molecule has 0 aromatic rings. The number of unbranched alkanes of at least 4 members (excludes halogenated alkanes) is 14. The highest BCUT2D eigenvalue weighted by atomic mass is 32.2. The lowest BCUT2D eigenvalue weighted by atomic mass is 9.81. The molecule has 0 spiro atoms. The van der Waals surface area contributed by atoms with Gasteiger partial charge in [-0.2, -0.15) is 24.4 Å². The Bertz CT molecular complexity index is 1020. The Labute approximate surface area is 361 Å². The monoisotopic (exact) mass is 865 g/mol. The van der Waals surface area contributed by atoms with Crippen LogP contribution in [0, 0.1) is 17.8 Å². The van der Waals surface area contributed by atoms with Crippen LogP contribution in [-0.4, -0.2) is 116 Å². The average Bonchev–Trinajstić information content (AvgIpc) is 3.20. The molecule has 0 saturated heterocycles. The average molecular weight is 865 g/mol. The number of thiol groups is 1. The van der Waals surface area contributed by atoms with Gasteiger partial charge in [-0.05, 0) is 43.8 Å². The molecule has 0 aliphatic heterocycles. The number of carboxylic acids is 2. The standard InChI is InChI=1S/C43H84N4O9S2/c1-3-5-7-9-11-13-15-17-21-35(42(50)51)31-36(37(43(52)53)22-18-16-14-12-10-8-6-4-2)33-58-34-39(45)41(49)47-24-20-26-55-28-30-56-29-27-54-25-19-23-46-40(48)38(44)32-57/h35-39,57H,3-34,44-45H2,1-2H3,(H,46,48)(H,47,49)(H,50,51)(H,52,53)/t35?,36-,37?,38?,39-/m0/s1. The van der Waals surface area contributed by atoms with E-state index in [2.05, 4.69) is 37.1 Å². The van der Waals surface area contributed by atoms with Crippen molar-refractivity contribution in [2.45, 2.75) is 161 Å². The zero-order chi connectivity index (χ0) is 43.1. The number of rotatable bonds is 44. The minimum absolute atomic E-state index is 0.218. The fraction of sp³-hybridized carbons (Fsp3) is 0.907. The van der Waals surface area contributed by atoms with E-state index >= 15 is 0 Å². The quantitative estimate of drug-likeness (QED) is 0.0248. The Kier molecular flexibility index (Phi) is 39.6. The van der Waals surface area contributed by atoms with Gasteiger partial charge in [-0.25, -0.2) is 0 Å². The zero-order valence-electron chi connectivity index (χ0n) is 36.3. The molecule has 0 fully saturated rings. The molecule has 0 radical (unpaired) electrons. The number of aliphatic carboxylic acids is 2. The van der Waals surface area contributed by atoms with Gasteiger partial charge in [0.05, 0.1) is 50.3 Å². The normalized spacial score (nSPS) is 14.1. The molecule has 342 valence electrons. The van der Waals surface area contributed by atoms with Crippen LogP contribution in [0.4, 0.5) is 0 Å². The summed E-state index contributed by atoms with van der Waals surface area (Å²) < 4.78 is 16.6. The van der Waals surface area contributed by atoms with Crippen LogP contribution in [-0.2, 0) is 33.4 Å². The third-order valence-electron chi connectivity index (χ3n) is 10.4. The van der Waals surface area contributed by atoms with Crippen molar-refractivity contribution in [2.24, 2.45) is 29.2 Å². The van der Waals surface area contributed by atoms with Crippen LogP contribution in [0.3, 0.4) is 0 Å². The smallest absolute Gasteiger partial charge is 0.306 e. The van der Waals surface area contributed by atoms with Gasteiger partial charge in [0.2, 0.25) is 11.8 Å². The number of nitrogens with two attached hydrogens (primary N) is 2. The number of carbonyl (C=O) groups is 4. The van der Waals surface area contributed by atoms with Gasteiger partial charge in [-0.3, -0.25) is 19.2 Å². The molecule has 3 unspecified atom stereocenters. The van der Waals surface area contributed by atoms with E-state index in [-0.39, 0.29) is 17.7 Å². The van der Waals surface area contributed by atoms with Crippen LogP contribution in [0.1, 0.15) is 149 Å². The van der Waals surface area contributed by atoms with Crippen LogP contribution >= 0.6 is 24.4 Å². The largest absolute Gasteiger partial charge is 0.481 e. The molecular weight excluding hydrogens is 781 g/mol. The van der Waals surface area contributed by atoms with Crippen LogP contribution in [0.2, 0.25) is 0 Å². The number of carboxylic acid groups (broad SMARTS) is 2. The Morgan fingerprint density at radius 2 is 1.00 bits per heavy atom. The fourth-order valence-electron chi connectivity index (χ4n) is 6.72. The lowest BCUT2D eigenvalue weighted by molar-refractivity contribution is -0.147. The first-order valence-electron chi connectivity index (χ1n) is 22.5. The highest BCUT2D eigenvalue weighted by molar-refractivity contribution is 7.99. The summed E-state index contributed by atoms with van der Waals surface area (Å²) in [5.74, 6) is -2.67. The summed E-state index contributed by atoms with van der Waals surface area (Å²) in [6, 6.07) is -1.37. The van der Waals surface area contributed by atoms with Crippen molar-refractivity contribution >= 4 is 48.1 Å². The van der Waals surface area contributed by atoms with Crippen molar-refractivity contribution in [3.8, 4) is 0 Å². The Morgan fingerprint density at radius 3 is 1.45 bits per heavy atom. The summed E-state index contributed by atoms with van der Waals surface area (Å²) in [7, 11) is 0.